The van der Waals surface area contributed by atoms with Crippen LogP contribution in [0.15, 0.2) is 5.38 Å². The summed E-state index contributed by atoms with van der Waals surface area (Å²) in [4.78, 5) is 20.6. The van der Waals surface area contributed by atoms with Crippen LogP contribution in [0.25, 0.3) is 0 Å². The highest BCUT2D eigenvalue weighted by Crippen LogP contribution is 2.25. The van der Waals surface area contributed by atoms with E-state index in [1.165, 1.54) is 19.4 Å². The lowest BCUT2D eigenvalue weighted by Crippen LogP contribution is -2.45. The summed E-state index contributed by atoms with van der Waals surface area (Å²) >= 11 is 1.60. The van der Waals surface area contributed by atoms with E-state index in [0.29, 0.717) is 12.6 Å². The van der Waals surface area contributed by atoms with Gasteiger partial charge in [0.25, 0.3) is 0 Å². The molecule has 0 spiro atoms. The molecule has 5 nitrogen and oxygen atoms in total. The molecule has 1 aliphatic rings. The molecule has 1 atom stereocenters. The Morgan fingerprint density at radius 2 is 2.45 bits per heavy atom. The Hall–Kier alpha value is -1.14. The number of hydrogen-bond donors (Lipinski definition) is 0. The Kier molecular flexibility index (Phi) is 5.37. The van der Waals surface area contributed by atoms with Gasteiger partial charge in [-0.25, -0.2) is 4.98 Å². The van der Waals surface area contributed by atoms with Gasteiger partial charge in [-0.05, 0) is 33.4 Å². The molecule has 0 bridgehead atoms. The normalized spacial score (nSPS) is 19.9. The van der Waals surface area contributed by atoms with Gasteiger partial charge in [-0.3, -0.25) is 4.79 Å². The van der Waals surface area contributed by atoms with Crippen molar-refractivity contribution in [3.63, 3.8) is 0 Å². The molecule has 0 amide bonds. The highest BCUT2D eigenvalue weighted by atomic mass is 32.1. The lowest BCUT2D eigenvalue weighted by molar-refractivity contribution is -0.142. The lowest BCUT2D eigenvalue weighted by Gasteiger charge is -2.35. The van der Waals surface area contributed by atoms with Crippen molar-refractivity contribution in [2.45, 2.75) is 32.2 Å². The van der Waals surface area contributed by atoms with E-state index >= 15 is 0 Å². The van der Waals surface area contributed by atoms with Gasteiger partial charge >= 0.3 is 5.97 Å². The SMILES string of the molecule is CCOC(=O)Cc1csc(N(C)C2CCCN(C)C2)n1. The van der Waals surface area contributed by atoms with Crippen LogP contribution in [0.2, 0.25) is 0 Å². The number of thiazole rings is 1. The van der Waals surface area contributed by atoms with Gasteiger partial charge in [0.15, 0.2) is 5.13 Å². The van der Waals surface area contributed by atoms with E-state index in [1.54, 1.807) is 11.3 Å². The zero-order chi connectivity index (χ0) is 14.5. The average molecular weight is 297 g/mol. The first-order valence-electron chi connectivity index (χ1n) is 7.11. The molecule has 112 valence electrons. The van der Waals surface area contributed by atoms with Crippen LogP contribution in [-0.2, 0) is 16.0 Å². The third kappa shape index (κ3) is 3.93. The molecule has 1 fully saturated rings. The van der Waals surface area contributed by atoms with Crippen molar-refractivity contribution in [3.8, 4) is 0 Å². The minimum Gasteiger partial charge on any atom is -0.466 e. The van der Waals surface area contributed by atoms with E-state index in [-0.39, 0.29) is 12.4 Å². The van der Waals surface area contributed by atoms with Crippen LogP contribution in [0.4, 0.5) is 5.13 Å². The molecule has 2 heterocycles. The summed E-state index contributed by atoms with van der Waals surface area (Å²) in [6.45, 7) is 4.49. The molecule has 2 rings (SSSR count). The number of hydrogen-bond acceptors (Lipinski definition) is 6. The number of carbonyl (C=O) groups excluding carboxylic acids is 1. The maximum Gasteiger partial charge on any atom is 0.311 e. The molecule has 20 heavy (non-hydrogen) atoms. The molecule has 1 unspecified atom stereocenters. The maximum atomic E-state index is 11.5. The zero-order valence-electron chi connectivity index (χ0n) is 12.5. The minimum atomic E-state index is -0.204. The molecular weight excluding hydrogens is 274 g/mol. The van der Waals surface area contributed by atoms with Crippen molar-refractivity contribution >= 4 is 22.4 Å². The van der Waals surface area contributed by atoms with Crippen LogP contribution in [0.5, 0.6) is 0 Å². The number of anilines is 1. The van der Waals surface area contributed by atoms with Crippen molar-refractivity contribution < 1.29 is 9.53 Å². The number of aromatic nitrogens is 1. The number of nitrogens with zero attached hydrogens (tertiary/aromatic N) is 3. The van der Waals surface area contributed by atoms with Gasteiger partial charge in [-0.1, -0.05) is 0 Å². The van der Waals surface area contributed by atoms with Crippen molar-refractivity contribution in [2.75, 3.05) is 38.7 Å². The fraction of sp³-hybridized carbons (Fsp3) is 0.714. The van der Waals surface area contributed by atoms with E-state index < -0.39 is 0 Å². The molecule has 1 saturated heterocycles. The Labute approximate surface area is 124 Å². The average Bonchev–Trinajstić information content (AvgIpc) is 2.86. The largest absolute Gasteiger partial charge is 0.466 e. The smallest absolute Gasteiger partial charge is 0.311 e. The van der Waals surface area contributed by atoms with Gasteiger partial charge in [0, 0.05) is 25.0 Å². The molecule has 1 aliphatic heterocycles. The Bertz CT molecular complexity index is 449. The summed E-state index contributed by atoms with van der Waals surface area (Å²) in [7, 11) is 4.25. The molecule has 0 aromatic carbocycles. The van der Waals surface area contributed by atoms with E-state index in [1.807, 2.05) is 12.3 Å². The standard InChI is InChI=1S/C14H23N3O2S/c1-4-19-13(18)8-11-10-20-14(15-11)17(3)12-6-5-7-16(2)9-12/h10,12H,4-9H2,1-3H3. The number of ether oxygens (including phenoxy) is 1. The highest BCUT2D eigenvalue weighted by Gasteiger charge is 2.23. The summed E-state index contributed by atoms with van der Waals surface area (Å²) in [6, 6.07) is 0.510. The molecule has 0 aliphatic carbocycles. The summed E-state index contributed by atoms with van der Waals surface area (Å²) in [6.07, 6.45) is 2.70. The van der Waals surface area contributed by atoms with Crippen LogP contribution in [0.1, 0.15) is 25.5 Å². The first kappa shape index (κ1) is 15.3. The number of esters is 1. The number of piperidine rings is 1. The lowest BCUT2D eigenvalue weighted by atomic mass is 10.1. The van der Waals surface area contributed by atoms with E-state index in [2.05, 4.69) is 28.9 Å². The second-order valence-corrected chi connectivity index (χ2v) is 6.11. The first-order valence-corrected chi connectivity index (χ1v) is 7.99. The molecule has 0 radical (unpaired) electrons. The quantitative estimate of drug-likeness (QED) is 0.775. The van der Waals surface area contributed by atoms with Gasteiger partial charge in [0.05, 0.1) is 18.7 Å². The number of likely N-dealkylation sites (tertiary alicyclic amines) is 1. The van der Waals surface area contributed by atoms with E-state index in [4.69, 9.17) is 4.74 Å². The Morgan fingerprint density at radius 1 is 1.65 bits per heavy atom. The van der Waals surface area contributed by atoms with Gasteiger partial charge in [0.1, 0.15) is 0 Å². The summed E-state index contributed by atoms with van der Waals surface area (Å²) in [5, 5.41) is 2.94. The zero-order valence-corrected chi connectivity index (χ0v) is 13.3. The Balaban J connectivity index is 1.95. The summed E-state index contributed by atoms with van der Waals surface area (Å²) in [5.41, 5.74) is 0.805. The molecule has 0 saturated carbocycles. The fourth-order valence-corrected chi connectivity index (χ4v) is 3.37. The third-order valence-electron chi connectivity index (χ3n) is 3.62. The van der Waals surface area contributed by atoms with Crippen molar-refractivity contribution in [1.29, 1.82) is 0 Å². The molecule has 1 aromatic heterocycles. The maximum absolute atomic E-state index is 11.5. The molecule has 6 heteroatoms. The highest BCUT2D eigenvalue weighted by molar-refractivity contribution is 7.13. The fourth-order valence-electron chi connectivity index (χ4n) is 2.51. The van der Waals surface area contributed by atoms with Crippen LogP contribution in [0.3, 0.4) is 0 Å². The second kappa shape index (κ2) is 7.04. The van der Waals surface area contributed by atoms with Gasteiger partial charge in [-0.15, -0.1) is 11.3 Å². The molecular formula is C14H23N3O2S. The van der Waals surface area contributed by atoms with Crippen LogP contribution in [0, 0.1) is 0 Å². The number of carbonyl (C=O) groups is 1. The molecule has 1 aromatic rings. The summed E-state index contributed by atoms with van der Waals surface area (Å²) < 4.78 is 4.95. The van der Waals surface area contributed by atoms with Gasteiger partial charge < -0.3 is 14.5 Å². The molecule has 0 N–H and O–H groups in total. The van der Waals surface area contributed by atoms with Crippen molar-refractivity contribution in [1.82, 2.24) is 9.88 Å². The van der Waals surface area contributed by atoms with Crippen LogP contribution >= 0.6 is 11.3 Å². The predicted octanol–water partition coefficient (Wildman–Crippen LogP) is 1.78. The number of rotatable bonds is 5. The predicted molar refractivity (Wildman–Crippen MR) is 81.4 cm³/mol. The van der Waals surface area contributed by atoms with E-state index in [0.717, 1.165) is 17.4 Å². The van der Waals surface area contributed by atoms with Crippen molar-refractivity contribution in [2.24, 2.45) is 0 Å². The number of likely N-dealkylation sites (N-methyl/N-ethyl adjacent to an activating group) is 2. The second-order valence-electron chi connectivity index (χ2n) is 5.27. The topological polar surface area (TPSA) is 45.7 Å². The third-order valence-corrected chi connectivity index (χ3v) is 4.60. The van der Waals surface area contributed by atoms with Crippen LogP contribution < -0.4 is 4.90 Å². The van der Waals surface area contributed by atoms with Crippen molar-refractivity contribution in [3.05, 3.63) is 11.1 Å². The van der Waals surface area contributed by atoms with E-state index in [9.17, 15) is 4.79 Å². The monoisotopic (exact) mass is 297 g/mol. The van der Waals surface area contributed by atoms with Gasteiger partial charge in [0.2, 0.25) is 0 Å². The minimum absolute atomic E-state index is 0.204. The summed E-state index contributed by atoms with van der Waals surface area (Å²) in [5.74, 6) is -0.204. The first-order chi connectivity index (χ1) is 9.60. The Morgan fingerprint density at radius 3 is 3.15 bits per heavy atom. The van der Waals surface area contributed by atoms with Crippen LogP contribution in [-0.4, -0.2) is 55.7 Å². The van der Waals surface area contributed by atoms with Gasteiger partial charge in [-0.2, -0.15) is 0 Å².